The van der Waals surface area contributed by atoms with E-state index in [0.717, 1.165) is 23.1 Å². The third-order valence-corrected chi connectivity index (χ3v) is 6.91. The van der Waals surface area contributed by atoms with Crippen LogP contribution in [0, 0.1) is 5.82 Å². The molecule has 2 aromatic rings. The molecule has 4 rings (SSSR count). The largest absolute Gasteiger partial charge is 0.491 e. The smallest absolute Gasteiger partial charge is 0.243 e. The predicted molar refractivity (Wildman–Crippen MR) is 104 cm³/mol. The Labute approximate surface area is 169 Å². The van der Waals surface area contributed by atoms with Crippen molar-refractivity contribution in [3.8, 4) is 17.2 Å². The molecule has 0 radical (unpaired) electrons. The maximum atomic E-state index is 13.8. The van der Waals surface area contributed by atoms with E-state index in [9.17, 15) is 12.8 Å². The second kappa shape index (κ2) is 8.17. The summed E-state index contributed by atoms with van der Waals surface area (Å²) in [5.41, 5.74) is 1.09. The highest BCUT2D eigenvalue weighted by Crippen LogP contribution is 2.33. The van der Waals surface area contributed by atoms with E-state index in [0.29, 0.717) is 32.7 Å². The molecule has 0 aliphatic carbocycles. The lowest BCUT2D eigenvalue weighted by molar-refractivity contribution is 0.173. The number of rotatable bonds is 6. The van der Waals surface area contributed by atoms with Crippen LogP contribution < -0.4 is 14.2 Å². The highest BCUT2D eigenvalue weighted by Gasteiger charge is 2.29. The molecule has 0 amide bonds. The zero-order chi connectivity index (χ0) is 20.4. The Morgan fingerprint density at radius 3 is 2.55 bits per heavy atom. The molecule has 2 aliphatic rings. The molecule has 0 atom stereocenters. The van der Waals surface area contributed by atoms with Crippen molar-refractivity contribution in [1.29, 1.82) is 0 Å². The first kappa shape index (κ1) is 19.9. The summed E-state index contributed by atoms with van der Waals surface area (Å²) >= 11 is 0. The fraction of sp³-hybridized carbons (Fsp3) is 0.400. The lowest BCUT2D eigenvalue weighted by Crippen LogP contribution is -2.48. The van der Waals surface area contributed by atoms with E-state index in [2.05, 4.69) is 4.90 Å². The Morgan fingerprint density at radius 2 is 1.79 bits per heavy atom. The summed E-state index contributed by atoms with van der Waals surface area (Å²) in [6, 6.07) is 9.51. The maximum Gasteiger partial charge on any atom is 0.243 e. The van der Waals surface area contributed by atoms with E-state index in [1.54, 1.807) is 6.92 Å². The van der Waals surface area contributed by atoms with Gasteiger partial charge in [-0.15, -0.1) is 0 Å². The van der Waals surface area contributed by atoms with Gasteiger partial charge >= 0.3 is 0 Å². The summed E-state index contributed by atoms with van der Waals surface area (Å²) in [6.45, 7) is 4.88. The van der Waals surface area contributed by atoms with Crippen molar-refractivity contribution < 1.29 is 27.0 Å². The van der Waals surface area contributed by atoms with Crippen molar-refractivity contribution in [2.24, 2.45) is 0 Å². The Morgan fingerprint density at radius 1 is 1.03 bits per heavy atom. The van der Waals surface area contributed by atoms with Crippen LogP contribution in [0.2, 0.25) is 0 Å². The van der Waals surface area contributed by atoms with Gasteiger partial charge in [-0.25, -0.2) is 12.8 Å². The first-order chi connectivity index (χ1) is 14.0. The van der Waals surface area contributed by atoms with Gasteiger partial charge in [0.1, 0.15) is 0 Å². The molecular formula is C20H23FN2O5S. The Kier molecular flexibility index (Phi) is 5.62. The standard InChI is InChI=1S/C20H23FN2O5S/c1-2-26-19-12-16(4-5-17(19)21)29(24,25)23-9-7-22(8-10-23)13-15-3-6-18-20(11-15)28-14-27-18/h3-6,11-12H,2,7-10,13-14H2,1H3. The van der Waals surface area contributed by atoms with Crippen molar-refractivity contribution in [2.75, 3.05) is 39.6 Å². The predicted octanol–water partition coefficient (Wildman–Crippen LogP) is 2.46. The molecule has 0 unspecified atom stereocenters. The second-order valence-corrected chi connectivity index (χ2v) is 8.83. The fourth-order valence-electron chi connectivity index (χ4n) is 3.48. The van der Waals surface area contributed by atoms with Gasteiger partial charge in [0.15, 0.2) is 23.1 Å². The molecule has 29 heavy (non-hydrogen) atoms. The van der Waals surface area contributed by atoms with Crippen LogP contribution in [0.25, 0.3) is 0 Å². The van der Waals surface area contributed by atoms with E-state index in [1.807, 2.05) is 18.2 Å². The zero-order valence-corrected chi connectivity index (χ0v) is 17.0. The van der Waals surface area contributed by atoms with Crippen LogP contribution in [-0.2, 0) is 16.6 Å². The Hall–Kier alpha value is -2.36. The summed E-state index contributed by atoms with van der Waals surface area (Å²) in [7, 11) is -3.70. The summed E-state index contributed by atoms with van der Waals surface area (Å²) < 4.78 is 57.0. The minimum Gasteiger partial charge on any atom is -0.491 e. The number of sulfonamides is 1. The lowest BCUT2D eigenvalue weighted by atomic mass is 10.2. The summed E-state index contributed by atoms with van der Waals surface area (Å²) in [4.78, 5) is 2.24. The number of halogens is 1. The monoisotopic (exact) mass is 422 g/mol. The number of fused-ring (bicyclic) bond motifs is 1. The quantitative estimate of drug-likeness (QED) is 0.713. The number of piperazine rings is 1. The van der Waals surface area contributed by atoms with E-state index < -0.39 is 15.8 Å². The molecule has 2 aromatic carbocycles. The van der Waals surface area contributed by atoms with Gasteiger partial charge in [-0.1, -0.05) is 6.07 Å². The van der Waals surface area contributed by atoms with Crippen molar-refractivity contribution in [3.05, 3.63) is 47.8 Å². The van der Waals surface area contributed by atoms with Crippen LogP contribution in [0.1, 0.15) is 12.5 Å². The van der Waals surface area contributed by atoms with Gasteiger partial charge in [-0.05, 0) is 36.8 Å². The van der Waals surface area contributed by atoms with E-state index in [-0.39, 0.29) is 24.0 Å². The molecule has 0 bridgehead atoms. The summed E-state index contributed by atoms with van der Waals surface area (Å²) in [5, 5.41) is 0. The third kappa shape index (κ3) is 4.17. The molecule has 1 saturated heterocycles. The molecule has 2 heterocycles. The molecule has 0 saturated carbocycles. The summed E-state index contributed by atoms with van der Waals surface area (Å²) in [6.07, 6.45) is 0. The van der Waals surface area contributed by atoms with Gasteiger partial charge < -0.3 is 14.2 Å². The van der Waals surface area contributed by atoms with Crippen LogP contribution in [0.3, 0.4) is 0 Å². The Balaban J connectivity index is 1.40. The van der Waals surface area contributed by atoms with Gasteiger partial charge in [0.05, 0.1) is 11.5 Å². The topological polar surface area (TPSA) is 68.3 Å². The van der Waals surface area contributed by atoms with E-state index >= 15 is 0 Å². The van der Waals surface area contributed by atoms with Crippen molar-refractivity contribution in [2.45, 2.75) is 18.4 Å². The third-order valence-electron chi connectivity index (χ3n) is 5.01. The average molecular weight is 422 g/mol. The molecule has 2 aliphatic heterocycles. The zero-order valence-electron chi connectivity index (χ0n) is 16.1. The van der Waals surface area contributed by atoms with Crippen molar-refractivity contribution in [3.63, 3.8) is 0 Å². The highest BCUT2D eigenvalue weighted by molar-refractivity contribution is 7.89. The molecule has 9 heteroatoms. The molecule has 0 aromatic heterocycles. The van der Waals surface area contributed by atoms with Crippen LogP contribution in [0.15, 0.2) is 41.3 Å². The highest BCUT2D eigenvalue weighted by atomic mass is 32.2. The molecular weight excluding hydrogens is 399 g/mol. The normalized spacial score (nSPS) is 17.4. The van der Waals surface area contributed by atoms with Crippen LogP contribution in [0.4, 0.5) is 4.39 Å². The minimum atomic E-state index is -3.70. The fourth-order valence-corrected chi connectivity index (χ4v) is 4.92. The van der Waals surface area contributed by atoms with Gasteiger partial charge in [0.25, 0.3) is 0 Å². The van der Waals surface area contributed by atoms with Gasteiger partial charge in [0.2, 0.25) is 16.8 Å². The maximum absolute atomic E-state index is 13.8. The summed E-state index contributed by atoms with van der Waals surface area (Å²) in [5.74, 6) is 0.870. The average Bonchev–Trinajstić information content (AvgIpc) is 3.18. The number of hydrogen-bond donors (Lipinski definition) is 0. The number of hydrogen-bond acceptors (Lipinski definition) is 6. The van der Waals surface area contributed by atoms with Crippen molar-refractivity contribution >= 4 is 10.0 Å². The van der Waals surface area contributed by atoms with Gasteiger partial charge in [-0.2, -0.15) is 4.31 Å². The van der Waals surface area contributed by atoms with E-state index in [4.69, 9.17) is 14.2 Å². The number of ether oxygens (including phenoxy) is 3. The molecule has 7 nitrogen and oxygen atoms in total. The molecule has 156 valence electrons. The van der Waals surface area contributed by atoms with Crippen LogP contribution in [-0.4, -0.2) is 57.2 Å². The lowest BCUT2D eigenvalue weighted by Gasteiger charge is -2.34. The van der Waals surface area contributed by atoms with Gasteiger partial charge in [0, 0.05) is 38.8 Å². The second-order valence-electron chi connectivity index (χ2n) is 6.89. The van der Waals surface area contributed by atoms with Gasteiger partial charge in [-0.3, -0.25) is 4.90 Å². The number of nitrogens with zero attached hydrogens (tertiary/aromatic N) is 2. The van der Waals surface area contributed by atoms with Crippen LogP contribution in [0.5, 0.6) is 17.2 Å². The molecule has 0 spiro atoms. The minimum absolute atomic E-state index is 0.0463. The number of benzene rings is 2. The molecule has 0 N–H and O–H groups in total. The van der Waals surface area contributed by atoms with Crippen molar-refractivity contribution in [1.82, 2.24) is 9.21 Å². The SMILES string of the molecule is CCOc1cc(S(=O)(=O)N2CCN(Cc3ccc4c(c3)OCO4)CC2)ccc1F. The first-order valence-electron chi connectivity index (χ1n) is 9.51. The molecule has 1 fully saturated rings. The first-order valence-corrected chi connectivity index (χ1v) is 10.9. The van der Waals surface area contributed by atoms with Crippen LogP contribution >= 0.6 is 0 Å². The van der Waals surface area contributed by atoms with E-state index in [1.165, 1.54) is 16.4 Å². The Bertz CT molecular complexity index is 990.